The number of carbonyl (C=O) groups is 2. The van der Waals surface area contributed by atoms with Crippen LogP contribution in [0.15, 0.2) is 34.8 Å². The highest BCUT2D eigenvalue weighted by Gasteiger charge is 2.15. The van der Waals surface area contributed by atoms with Crippen LogP contribution in [0.1, 0.15) is 15.2 Å². The molecule has 2 aromatic rings. The molecule has 0 spiro atoms. The van der Waals surface area contributed by atoms with E-state index in [1.807, 2.05) is 12.1 Å². The van der Waals surface area contributed by atoms with E-state index in [0.717, 1.165) is 10.0 Å². The minimum absolute atomic E-state index is 0.105. The van der Waals surface area contributed by atoms with Crippen molar-refractivity contribution >= 4 is 44.1 Å². The predicted molar refractivity (Wildman–Crippen MR) is 88.7 cm³/mol. The van der Waals surface area contributed by atoms with Gasteiger partial charge in [0.2, 0.25) is 0 Å². The summed E-state index contributed by atoms with van der Waals surface area (Å²) in [7, 11) is 1.33. The molecule has 22 heavy (non-hydrogen) atoms. The van der Waals surface area contributed by atoms with E-state index in [4.69, 9.17) is 4.74 Å². The Kier molecular flexibility index (Phi) is 5.57. The number of rotatable bonds is 5. The molecule has 0 aliphatic carbocycles. The molecular weight excluding hydrogens is 370 g/mol. The minimum Gasteiger partial charge on any atom is -0.484 e. The number of esters is 1. The van der Waals surface area contributed by atoms with Crippen LogP contribution in [0.4, 0.5) is 5.00 Å². The SMILES string of the molecule is COC(=O)c1sc(NC(=O)COc2ccc(Br)cc2)cc1C. The van der Waals surface area contributed by atoms with Crippen molar-refractivity contribution in [1.82, 2.24) is 0 Å². The minimum atomic E-state index is -0.408. The fourth-order valence-corrected chi connectivity index (χ4v) is 2.96. The molecule has 0 fully saturated rings. The van der Waals surface area contributed by atoms with Crippen LogP contribution in [0.2, 0.25) is 0 Å². The first-order valence-corrected chi connectivity index (χ1v) is 7.97. The highest BCUT2D eigenvalue weighted by molar-refractivity contribution is 9.10. The second-order valence-corrected chi connectivity index (χ2v) is 6.37. The van der Waals surface area contributed by atoms with Crippen molar-refractivity contribution in [2.75, 3.05) is 19.0 Å². The number of nitrogens with one attached hydrogen (secondary N) is 1. The van der Waals surface area contributed by atoms with Crippen LogP contribution in [0, 0.1) is 6.92 Å². The lowest BCUT2D eigenvalue weighted by Gasteiger charge is -2.06. The Labute approximate surface area is 140 Å². The van der Waals surface area contributed by atoms with Gasteiger partial charge in [0, 0.05) is 4.47 Å². The van der Waals surface area contributed by atoms with E-state index < -0.39 is 5.97 Å². The van der Waals surface area contributed by atoms with Crippen molar-refractivity contribution in [2.45, 2.75) is 6.92 Å². The zero-order valence-electron chi connectivity index (χ0n) is 12.0. The van der Waals surface area contributed by atoms with E-state index in [1.54, 1.807) is 25.1 Å². The maximum atomic E-state index is 11.9. The Bertz CT molecular complexity index is 681. The molecule has 2 rings (SSSR count). The summed E-state index contributed by atoms with van der Waals surface area (Å²) in [5.41, 5.74) is 0.765. The molecule has 0 radical (unpaired) electrons. The average molecular weight is 384 g/mol. The van der Waals surface area contributed by atoms with Gasteiger partial charge in [-0.1, -0.05) is 15.9 Å². The van der Waals surface area contributed by atoms with Gasteiger partial charge < -0.3 is 14.8 Å². The Morgan fingerprint density at radius 3 is 2.59 bits per heavy atom. The molecule has 5 nitrogen and oxygen atoms in total. The molecule has 0 saturated carbocycles. The van der Waals surface area contributed by atoms with Gasteiger partial charge in [0.25, 0.3) is 5.91 Å². The molecule has 1 N–H and O–H groups in total. The zero-order valence-corrected chi connectivity index (χ0v) is 14.4. The third-order valence-electron chi connectivity index (χ3n) is 2.73. The van der Waals surface area contributed by atoms with Crippen molar-refractivity contribution in [3.63, 3.8) is 0 Å². The van der Waals surface area contributed by atoms with Gasteiger partial charge in [0.1, 0.15) is 10.6 Å². The molecule has 1 amide bonds. The lowest BCUT2D eigenvalue weighted by molar-refractivity contribution is -0.118. The Morgan fingerprint density at radius 2 is 1.95 bits per heavy atom. The monoisotopic (exact) mass is 383 g/mol. The van der Waals surface area contributed by atoms with Crippen LogP contribution >= 0.6 is 27.3 Å². The first-order valence-electron chi connectivity index (χ1n) is 6.36. The Morgan fingerprint density at radius 1 is 1.27 bits per heavy atom. The largest absolute Gasteiger partial charge is 0.484 e. The van der Waals surface area contributed by atoms with E-state index in [9.17, 15) is 9.59 Å². The quantitative estimate of drug-likeness (QED) is 0.800. The lowest BCUT2D eigenvalue weighted by atomic mass is 10.3. The summed E-state index contributed by atoms with van der Waals surface area (Å²) in [6, 6.07) is 8.93. The number of aryl methyl sites for hydroxylation is 1. The summed E-state index contributed by atoms with van der Waals surface area (Å²) < 4.78 is 11.0. The number of amides is 1. The van der Waals surface area contributed by atoms with Gasteiger partial charge >= 0.3 is 5.97 Å². The number of carbonyl (C=O) groups excluding carboxylic acids is 2. The Hall–Kier alpha value is -1.86. The molecule has 0 aliphatic rings. The van der Waals surface area contributed by atoms with E-state index in [0.29, 0.717) is 15.6 Å². The van der Waals surface area contributed by atoms with Gasteiger partial charge in [-0.3, -0.25) is 4.79 Å². The van der Waals surface area contributed by atoms with Crippen LogP contribution < -0.4 is 10.1 Å². The number of halogens is 1. The number of benzene rings is 1. The first-order chi connectivity index (χ1) is 10.5. The molecule has 116 valence electrons. The molecule has 1 aromatic carbocycles. The van der Waals surface area contributed by atoms with Crippen molar-refractivity contribution in [2.24, 2.45) is 0 Å². The first kappa shape index (κ1) is 16.5. The summed E-state index contributed by atoms with van der Waals surface area (Å²) in [5, 5.41) is 3.29. The second-order valence-electron chi connectivity index (χ2n) is 4.41. The fourth-order valence-electron chi connectivity index (χ4n) is 1.69. The summed E-state index contributed by atoms with van der Waals surface area (Å²) in [6.45, 7) is 1.68. The number of methoxy groups -OCH3 is 1. The maximum Gasteiger partial charge on any atom is 0.348 e. The van der Waals surface area contributed by atoms with Gasteiger partial charge in [0.15, 0.2) is 6.61 Å². The van der Waals surface area contributed by atoms with Gasteiger partial charge in [-0.2, -0.15) is 0 Å². The zero-order chi connectivity index (χ0) is 16.1. The summed E-state index contributed by atoms with van der Waals surface area (Å²) in [4.78, 5) is 23.9. The van der Waals surface area contributed by atoms with Gasteiger partial charge in [0.05, 0.1) is 12.1 Å². The number of anilines is 1. The number of hydrogen-bond donors (Lipinski definition) is 1. The smallest absolute Gasteiger partial charge is 0.348 e. The van der Waals surface area contributed by atoms with Gasteiger partial charge in [-0.05, 0) is 42.8 Å². The van der Waals surface area contributed by atoms with Crippen LogP contribution in [0.5, 0.6) is 5.75 Å². The molecule has 7 heteroatoms. The summed E-state index contributed by atoms with van der Waals surface area (Å²) >= 11 is 4.50. The lowest BCUT2D eigenvalue weighted by Crippen LogP contribution is -2.19. The van der Waals surface area contributed by atoms with Gasteiger partial charge in [-0.15, -0.1) is 11.3 Å². The highest BCUT2D eigenvalue weighted by Crippen LogP contribution is 2.27. The van der Waals surface area contributed by atoms with E-state index >= 15 is 0 Å². The van der Waals surface area contributed by atoms with E-state index in [1.165, 1.54) is 18.4 Å². The molecule has 0 atom stereocenters. The highest BCUT2D eigenvalue weighted by atomic mass is 79.9. The topological polar surface area (TPSA) is 64.6 Å². The second kappa shape index (κ2) is 7.42. The maximum absolute atomic E-state index is 11.9. The molecule has 0 aliphatic heterocycles. The molecule has 0 saturated heterocycles. The van der Waals surface area contributed by atoms with Crippen LogP contribution in [0.3, 0.4) is 0 Å². The standard InChI is InChI=1S/C15H14BrNO4S/c1-9-7-13(22-14(9)15(19)20-2)17-12(18)8-21-11-5-3-10(16)4-6-11/h3-7H,8H2,1-2H3,(H,17,18). The van der Waals surface area contributed by atoms with Crippen molar-refractivity contribution in [3.05, 3.63) is 45.2 Å². The average Bonchev–Trinajstić information content (AvgIpc) is 2.86. The summed E-state index contributed by atoms with van der Waals surface area (Å²) in [5.74, 6) is -0.0920. The van der Waals surface area contributed by atoms with Crippen molar-refractivity contribution < 1.29 is 19.1 Å². The predicted octanol–water partition coefficient (Wildman–Crippen LogP) is 3.62. The fraction of sp³-hybridized carbons (Fsp3) is 0.200. The summed E-state index contributed by atoms with van der Waals surface area (Å²) in [6.07, 6.45) is 0. The normalized spacial score (nSPS) is 10.1. The van der Waals surface area contributed by atoms with Gasteiger partial charge in [-0.25, -0.2) is 4.79 Å². The molecule has 0 unspecified atom stereocenters. The number of thiophene rings is 1. The molecule has 1 aromatic heterocycles. The van der Waals surface area contributed by atoms with Crippen molar-refractivity contribution in [1.29, 1.82) is 0 Å². The van der Waals surface area contributed by atoms with Crippen LogP contribution in [-0.2, 0) is 9.53 Å². The van der Waals surface area contributed by atoms with E-state index in [2.05, 4.69) is 26.0 Å². The molecular formula is C15H14BrNO4S. The van der Waals surface area contributed by atoms with Crippen LogP contribution in [0.25, 0.3) is 0 Å². The molecule has 0 bridgehead atoms. The third-order valence-corrected chi connectivity index (χ3v) is 4.40. The Balaban J connectivity index is 1.92. The van der Waals surface area contributed by atoms with Crippen molar-refractivity contribution in [3.8, 4) is 5.75 Å². The number of hydrogen-bond acceptors (Lipinski definition) is 5. The molecule has 1 heterocycles. The van der Waals surface area contributed by atoms with Crippen LogP contribution in [-0.4, -0.2) is 25.6 Å². The number of ether oxygens (including phenoxy) is 2. The third kappa shape index (κ3) is 4.32. The van der Waals surface area contributed by atoms with E-state index in [-0.39, 0.29) is 12.5 Å².